The normalized spacial score (nSPS) is 11.9. The smallest absolute Gasteiger partial charge is 0.0619 e. The van der Waals surface area contributed by atoms with Crippen molar-refractivity contribution in [2.45, 2.75) is 0 Å². The second-order valence-electron chi connectivity index (χ2n) is 14.8. The summed E-state index contributed by atoms with van der Waals surface area (Å²) in [6, 6.07) is 75.5. The molecule has 0 N–H and O–H groups in total. The predicted molar refractivity (Wildman–Crippen MR) is 244 cm³/mol. The molecular formula is C54H34N2S. The summed E-state index contributed by atoms with van der Waals surface area (Å²) in [5.74, 6) is 0. The summed E-state index contributed by atoms with van der Waals surface area (Å²) in [6.07, 6.45) is 0. The lowest BCUT2D eigenvalue weighted by molar-refractivity contribution is 1.18. The Morgan fingerprint density at radius 1 is 0.281 bits per heavy atom. The van der Waals surface area contributed by atoms with Gasteiger partial charge in [-0.05, 0) is 82.4 Å². The molecule has 0 fully saturated rings. The predicted octanol–water partition coefficient (Wildman–Crippen LogP) is 15.2. The summed E-state index contributed by atoms with van der Waals surface area (Å²) in [5.41, 5.74) is 14.5. The molecular weight excluding hydrogens is 709 g/mol. The van der Waals surface area contributed by atoms with Crippen molar-refractivity contribution in [1.82, 2.24) is 9.13 Å². The van der Waals surface area contributed by atoms with Crippen molar-refractivity contribution in [2.24, 2.45) is 0 Å². The van der Waals surface area contributed by atoms with Gasteiger partial charge < -0.3 is 9.13 Å². The van der Waals surface area contributed by atoms with E-state index in [2.05, 4.69) is 215 Å². The van der Waals surface area contributed by atoms with Gasteiger partial charge in [0.1, 0.15) is 0 Å². The van der Waals surface area contributed by atoms with Crippen LogP contribution >= 0.6 is 11.3 Å². The molecule has 0 saturated carbocycles. The molecule has 266 valence electrons. The second-order valence-corrected chi connectivity index (χ2v) is 15.9. The molecule has 0 saturated heterocycles. The lowest BCUT2D eigenvalue weighted by Gasteiger charge is -2.14. The largest absolute Gasteiger partial charge is 0.309 e. The molecule has 3 heteroatoms. The van der Waals surface area contributed by atoms with E-state index in [0.717, 1.165) is 11.4 Å². The van der Waals surface area contributed by atoms with Crippen molar-refractivity contribution < 1.29 is 0 Å². The van der Waals surface area contributed by atoms with Crippen LogP contribution in [0.15, 0.2) is 206 Å². The number of hydrogen-bond acceptors (Lipinski definition) is 1. The Bertz CT molecular complexity index is 3490. The van der Waals surface area contributed by atoms with Gasteiger partial charge in [-0.2, -0.15) is 0 Å². The number of benzene rings is 9. The van der Waals surface area contributed by atoms with Gasteiger partial charge in [0.25, 0.3) is 0 Å². The third kappa shape index (κ3) is 4.89. The average molecular weight is 743 g/mol. The topological polar surface area (TPSA) is 9.86 Å². The first-order valence-electron chi connectivity index (χ1n) is 19.5. The van der Waals surface area contributed by atoms with Gasteiger partial charge in [-0.15, -0.1) is 11.3 Å². The van der Waals surface area contributed by atoms with Crippen LogP contribution in [0.4, 0.5) is 0 Å². The van der Waals surface area contributed by atoms with E-state index < -0.39 is 0 Å². The van der Waals surface area contributed by atoms with Crippen molar-refractivity contribution in [3.63, 3.8) is 0 Å². The van der Waals surface area contributed by atoms with E-state index in [1.807, 2.05) is 11.3 Å². The SMILES string of the molecule is c1ccc(-n2c3ccccc3c3c(-c4cccc5c6ccccc6n(-c6ccc(-c7ccc(-c8cccc9sc%10ccccc%10c89)cc7)cc6)c45)cccc32)cc1. The van der Waals surface area contributed by atoms with Gasteiger partial charge in [0.2, 0.25) is 0 Å². The Kier molecular flexibility index (Phi) is 7.13. The van der Waals surface area contributed by atoms with E-state index in [9.17, 15) is 0 Å². The lowest BCUT2D eigenvalue weighted by atomic mass is 9.96. The van der Waals surface area contributed by atoms with Gasteiger partial charge >= 0.3 is 0 Å². The molecule has 2 nitrogen and oxygen atoms in total. The molecule has 3 heterocycles. The Morgan fingerprint density at radius 2 is 0.807 bits per heavy atom. The number of nitrogens with zero attached hydrogens (tertiary/aromatic N) is 2. The number of aromatic nitrogens is 2. The first kappa shape index (κ1) is 32.1. The number of rotatable bonds is 5. The zero-order valence-electron chi connectivity index (χ0n) is 30.9. The Labute approximate surface area is 333 Å². The van der Waals surface area contributed by atoms with E-state index in [4.69, 9.17) is 0 Å². The highest BCUT2D eigenvalue weighted by molar-refractivity contribution is 7.25. The van der Waals surface area contributed by atoms with Crippen molar-refractivity contribution in [1.29, 1.82) is 0 Å². The molecule has 0 unspecified atom stereocenters. The Morgan fingerprint density at radius 3 is 1.61 bits per heavy atom. The summed E-state index contributed by atoms with van der Waals surface area (Å²) in [4.78, 5) is 0. The van der Waals surface area contributed by atoms with Crippen molar-refractivity contribution in [3.05, 3.63) is 206 Å². The molecule has 0 bridgehead atoms. The minimum atomic E-state index is 1.14. The van der Waals surface area contributed by atoms with Gasteiger partial charge in [-0.3, -0.25) is 0 Å². The van der Waals surface area contributed by atoms with Crippen molar-refractivity contribution in [2.75, 3.05) is 0 Å². The monoisotopic (exact) mass is 742 g/mol. The van der Waals surface area contributed by atoms with Gasteiger partial charge in [-0.25, -0.2) is 0 Å². The Balaban J connectivity index is 0.999. The number of fused-ring (bicyclic) bond motifs is 9. The summed E-state index contributed by atoms with van der Waals surface area (Å²) in [5, 5.41) is 7.70. The summed E-state index contributed by atoms with van der Waals surface area (Å²) in [7, 11) is 0. The molecule has 0 spiro atoms. The highest BCUT2D eigenvalue weighted by Gasteiger charge is 2.21. The van der Waals surface area contributed by atoms with Gasteiger partial charge in [0.15, 0.2) is 0 Å². The van der Waals surface area contributed by atoms with E-state index in [1.54, 1.807) is 0 Å². The molecule has 0 amide bonds. The highest BCUT2D eigenvalue weighted by atomic mass is 32.1. The first-order chi connectivity index (χ1) is 28.3. The number of hydrogen-bond donors (Lipinski definition) is 0. The third-order valence-electron chi connectivity index (χ3n) is 11.8. The standard InChI is InChI=1S/C54H34N2S/c1-2-13-38(14-3-1)55-48-23-8-5-16-45(48)52-42(19-11-24-49(52)55)44-21-10-20-43-41-15-4-7-22-47(41)56(54(43)44)39-33-31-36(32-34-39)35-27-29-37(30-28-35)40-18-12-26-51-53(40)46-17-6-9-25-50(46)57-51/h1-34H. The maximum absolute atomic E-state index is 2.47. The summed E-state index contributed by atoms with van der Waals surface area (Å²) < 4.78 is 7.53. The van der Waals surface area contributed by atoms with Crippen LogP contribution in [0.25, 0.3) is 109 Å². The fourth-order valence-corrected chi connectivity index (χ4v) is 10.4. The average Bonchev–Trinajstić information content (AvgIpc) is 3.95. The zero-order chi connectivity index (χ0) is 37.5. The van der Waals surface area contributed by atoms with Crippen LogP contribution in [0.1, 0.15) is 0 Å². The van der Waals surface area contributed by atoms with Crippen molar-refractivity contribution in [3.8, 4) is 44.8 Å². The fraction of sp³-hybridized carbons (Fsp3) is 0. The van der Waals surface area contributed by atoms with Gasteiger partial charge in [-0.1, -0.05) is 152 Å². The van der Waals surface area contributed by atoms with Crippen LogP contribution < -0.4 is 0 Å². The number of para-hydroxylation sites is 4. The van der Waals surface area contributed by atoms with E-state index in [0.29, 0.717) is 0 Å². The third-order valence-corrected chi connectivity index (χ3v) is 12.9. The Hall–Kier alpha value is -7.20. The van der Waals surface area contributed by atoms with Gasteiger partial charge in [0, 0.05) is 58.7 Å². The van der Waals surface area contributed by atoms with Crippen molar-refractivity contribution >= 4 is 75.1 Å². The lowest BCUT2D eigenvalue weighted by Crippen LogP contribution is -1.96. The molecule has 12 rings (SSSR count). The minimum absolute atomic E-state index is 1.14. The molecule has 0 aliphatic rings. The van der Waals surface area contributed by atoms with Gasteiger partial charge in [0.05, 0.1) is 22.1 Å². The molecule has 0 atom stereocenters. The van der Waals surface area contributed by atoms with Crippen LogP contribution in [-0.4, -0.2) is 9.13 Å². The maximum atomic E-state index is 2.47. The van der Waals surface area contributed by atoms with Crippen LogP contribution in [0.2, 0.25) is 0 Å². The van der Waals surface area contributed by atoms with E-state index >= 15 is 0 Å². The molecule has 0 aliphatic carbocycles. The molecule has 57 heavy (non-hydrogen) atoms. The molecule has 0 aliphatic heterocycles. The summed E-state index contributed by atoms with van der Waals surface area (Å²) >= 11 is 1.87. The fourth-order valence-electron chi connectivity index (χ4n) is 9.26. The highest BCUT2D eigenvalue weighted by Crippen LogP contribution is 2.44. The van der Waals surface area contributed by atoms with Crippen LogP contribution in [0.5, 0.6) is 0 Å². The van der Waals surface area contributed by atoms with E-state index in [-0.39, 0.29) is 0 Å². The van der Waals surface area contributed by atoms with Crippen LogP contribution in [-0.2, 0) is 0 Å². The zero-order valence-corrected chi connectivity index (χ0v) is 31.7. The quantitative estimate of drug-likeness (QED) is 0.166. The summed E-state index contributed by atoms with van der Waals surface area (Å²) in [6.45, 7) is 0. The first-order valence-corrected chi connectivity index (χ1v) is 20.3. The maximum Gasteiger partial charge on any atom is 0.0619 e. The second kappa shape index (κ2) is 12.7. The van der Waals surface area contributed by atoms with Crippen LogP contribution in [0.3, 0.4) is 0 Å². The van der Waals surface area contributed by atoms with Crippen LogP contribution in [0, 0.1) is 0 Å². The molecule has 9 aromatic carbocycles. The van der Waals surface area contributed by atoms with E-state index in [1.165, 1.54) is 97.2 Å². The molecule has 0 radical (unpaired) electrons. The minimum Gasteiger partial charge on any atom is -0.309 e. The molecule has 3 aromatic heterocycles. The molecule has 12 aromatic rings. The number of thiophene rings is 1.